The summed E-state index contributed by atoms with van der Waals surface area (Å²) in [6, 6.07) is 17.0. The molecule has 12 heteroatoms. The van der Waals surface area contributed by atoms with Crippen LogP contribution in [-0.4, -0.2) is 67.6 Å². The third-order valence-electron chi connectivity index (χ3n) is 9.52. The van der Waals surface area contributed by atoms with Crippen molar-refractivity contribution >= 4 is 39.5 Å². The lowest BCUT2D eigenvalue weighted by molar-refractivity contribution is -0.140. The van der Waals surface area contributed by atoms with E-state index in [1.54, 1.807) is 18.0 Å². The molecule has 3 saturated carbocycles. The highest BCUT2D eigenvalue weighted by Gasteiger charge is 2.62. The minimum atomic E-state index is -3.83. The molecule has 6 rings (SSSR count). The van der Waals surface area contributed by atoms with Gasteiger partial charge in [0.25, 0.3) is 5.91 Å². The number of para-hydroxylation sites is 1. The van der Waals surface area contributed by atoms with Crippen molar-refractivity contribution in [2.24, 2.45) is 17.8 Å². The summed E-state index contributed by atoms with van der Waals surface area (Å²) >= 11 is 0. The van der Waals surface area contributed by atoms with Crippen LogP contribution >= 0.6 is 0 Å². The molecule has 3 N–H and O–H groups in total. The summed E-state index contributed by atoms with van der Waals surface area (Å²) in [4.78, 5) is 55.8. The van der Waals surface area contributed by atoms with Gasteiger partial charge in [0.2, 0.25) is 21.8 Å². The summed E-state index contributed by atoms with van der Waals surface area (Å²) < 4.78 is 33.3. The van der Waals surface area contributed by atoms with Gasteiger partial charge < -0.3 is 15.0 Å². The van der Waals surface area contributed by atoms with Crippen molar-refractivity contribution in [3.8, 4) is 11.1 Å². The molecule has 46 heavy (non-hydrogen) atoms. The van der Waals surface area contributed by atoms with Crippen LogP contribution in [0.3, 0.4) is 0 Å². The average molecular weight is 649 g/mol. The molecule has 3 fully saturated rings. The van der Waals surface area contributed by atoms with Gasteiger partial charge in [-0.25, -0.2) is 13.2 Å². The smallest absolute Gasteiger partial charge is 0.411 e. The lowest BCUT2D eigenvalue weighted by Crippen LogP contribution is -2.54. The SMILES string of the molecule is CN1CCCC/C=C\C2CC2(C(=O)NS(=O)(=O)C2CC2)NC(=O)C2CC(OC(=O)Nc3ccccc3-c3ccccc3)CC2C1=O. The minimum absolute atomic E-state index is 0.0857. The van der Waals surface area contributed by atoms with Crippen LogP contribution in [0.25, 0.3) is 11.1 Å². The van der Waals surface area contributed by atoms with Crippen molar-refractivity contribution in [3.05, 3.63) is 66.7 Å². The summed E-state index contributed by atoms with van der Waals surface area (Å²) in [6.07, 6.45) is 6.20. The summed E-state index contributed by atoms with van der Waals surface area (Å²) in [6.45, 7) is 0.522. The predicted octanol–water partition coefficient (Wildman–Crippen LogP) is 3.98. The Kier molecular flexibility index (Phi) is 8.91. The number of hydrogen-bond donors (Lipinski definition) is 3. The quantitative estimate of drug-likeness (QED) is 0.401. The zero-order valence-electron chi connectivity index (χ0n) is 25.8. The number of benzene rings is 2. The third kappa shape index (κ3) is 6.81. The Balaban J connectivity index is 1.20. The molecule has 4 amide bonds. The molecule has 2 aromatic rings. The van der Waals surface area contributed by atoms with Crippen molar-refractivity contribution in [2.75, 3.05) is 18.9 Å². The van der Waals surface area contributed by atoms with Crippen LogP contribution in [0, 0.1) is 17.8 Å². The predicted molar refractivity (Wildman–Crippen MR) is 172 cm³/mol. The fourth-order valence-corrected chi connectivity index (χ4v) is 8.01. The molecule has 5 unspecified atom stereocenters. The van der Waals surface area contributed by atoms with Gasteiger partial charge in [0.15, 0.2) is 0 Å². The number of rotatable bonds is 6. The average Bonchev–Trinajstić information content (AvgIpc) is 3.96. The Bertz CT molecular complexity index is 1640. The number of allylic oxidation sites excluding steroid dienone is 1. The first-order valence-corrected chi connectivity index (χ1v) is 17.5. The van der Waals surface area contributed by atoms with Crippen LogP contribution in [0.15, 0.2) is 66.7 Å². The summed E-state index contributed by atoms with van der Waals surface area (Å²) in [5.74, 6) is -3.52. The lowest BCUT2D eigenvalue weighted by atomic mass is 9.93. The van der Waals surface area contributed by atoms with E-state index in [0.717, 1.165) is 30.4 Å². The van der Waals surface area contributed by atoms with Gasteiger partial charge in [0, 0.05) is 25.1 Å². The minimum Gasteiger partial charge on any atom is -0.446 e. The molecule has 0 saturated heterocycles. The van der Waals surface area contributed by atoms with E-state index in [1.807, 2.05) is 60.7 Å². The van der Waals surface area contributed by atoms with Crippen LogP contribution in [0.2, 0.25) is 0 Å². The maximum Gasteiger partial charge on any atom is 0.411 e. The van der Waals surface area contributed by atoms with Gasteiger partial charge >= 0.3 is 6.09 Å². The van der Waals surface area contributed by atoms with E-state index < -0.39 is 56.7 Å². The van der Waals surface area contributed by atoms with Crippen LogP contribution < -0.4 is 15.4 Å². The van der Waals surface area contributed by atoms with E-state index in [1.165, 1.54) is 0 Å². The Morgan fingerprint density at radius 1 is 0.978 bits per heavy atom. The lowest BCUT2D eigenvalue weighted by Gasteiger charge is -2.26. The van der Waals surface area contributed by atoms with Crippen molar-refractivity contribution in [3.63, 3.8) is 0 Å². The molecule has 0 radical (unpaired) electrons. The first kappa shape index (κ1) is 31.8. The van der Waals surface area contributed by atoms with E-state index in [2.05, 4.69) is 15.4 Å². The van der Waals surface area contributed by atoms with E-state index in [0.29, 0.717) is 25.1 Å². The molecule has 1 aliphatic heterocycles. The molecule has 2 aromatic carbocycles. The van der Waals surface area contributed by atoms with Crippen LogP contribution in [0.1, 0.15) is 51.4 Å². The molecule has 0 spiro atoms. The van der Waals surface area contributed by atoms with Gasteiger partial charge in [-0.15, -0.1) is 0 Å². The number of nitrogens with zero attached hydrogens (tertiary/aromatic N) is 1. The van der Waals surface area contributed by atoms with Gasteiger partial charge in [-0.3, -0.25) is 24.4 Å². The van der Waals surface area contributed by atoms with Crippen molar-refractivity contribution < 1.29 is 32.3 Å². The van der Waals surface area contributed by atoms with E-state index in [4.69, 9.17) is 4.74 Å². The normalized spacial score (nSPS) is 28.9. The Morgan fingerprint density at radius 3 is 2.46 bits per heavy atom. The highest BCUT2D eigenvalue weighted by molar-refractivity contribution is 7.91. The topological polar surface area (TPSA) is 151 Å². The first-order chi connectivity index (χ1) is 22.1. The van der Waals surface area contributed by atoms with Crippen LogP contribution in [-0.2, 0) is 29.1 Å². The molecule has 1 heterocycles. The van der Waals surface area contributed by atoms with Crippen LogP contribution in [0.5, 0.6) is 0 Å². The number of amides is 4. The second kappa shape index (κ2) is 12.9. The summed E-state index contributed by atoms with van der Waals surface area (Å²) in [5, 5.41) is 5.08. The maximum atomic E-state index is 13.9. The van der Waals surface area contributed by atoms with Gasteiger partial charge in [-0.1, -0.05) is 60.7 Å². The van der Waals surface area contributed by atoms with Gasteiger partial charge in [0.05, 0.1) is 22.8 Å². The van der Waals surface area contributed by atoms with Crippen molar-refractivity contribution in [1.82, 2.24) is 14.9 Å². The Labute approximate surface area is 269 Å². The molecule has 5 atom stereocenters. The maximum absolute atomic E-state index is 13.9. The van der Waals surface area contributed by atoms with Gasteiger partial charge in [0.1, 0.15) is 11.6 Å². The zero-order valence-corrected chi connectivity index (χ0v) is 26.6. The second-order valence-electron chi connectivity index (χ2n) is 12.9. The first-order valence-electron chi connectivity index (χ1n) is 16.0. The standard InChI is InChI=1S/C34H40N4O7S/c1-38-18-10-3-2-7-13-23-21-34(23,32(41)37-46(43,44)25-16-17-25)36-30(39)27-19-24(20-28(27)31(38)40)45-33(42)35-29-15-9-8-14-26(29)22-11-5-4-6-12-22/h4-9,11-15,23-25,27-28H,2-3,10,16-21H2,1H3,(H,35,42)(H,36,39)(H,37,41)/b13-7-. The molecular formula is C34H40N4O7S. The van der Waals surface area contributed by atoms with Gasteiger partial charge in [-0.05, 0) is 63.0 Å². The molecule has 3 aliphatic carbocycles. The molecule has 4 aliphatic rings. The highest BCUT2D eigenvalue weighted by Crippen LogP contribution is 2.47. The number of carbonyl (C=O) groups excluding carboxylic acids is 4. The Hall–Kier alpha value is -4.19. The van der Waals surface area contributed by atoms with E-state index in [9.17, 15) is 27.6 Å². The number of nitrogens with one attached hydrogen (secondary N) is 3. The van der Waals surface area contributed by atoms with Crippen molar-refractivity contribution in [2.45, 2.75) is 68.3 Å². The summed E-state index contributed by atoms with van der Waals surface area (Å²) in [7, 11) is -2.13. The molecule has 244 valence electrons. The number of hydrogen-bond acceptors (Lipinski definition) is 7. The number of anilines is 1. The monoisotopic (exact) mass is 648 g/mol. The van der Waals surface area contributed by atoms with E-state index in [-0.39, 0.29) is 31.1 Å². The molecular weight excluding hydrogens is 608 g/mol. The van der Waals surface area contributed by atoms with Crippen molar-refractivity contribution in [1.29, 1.82) is 0 Å². The Morgan fingerprint density at radius 2 is 1.70 bits per heavy atom. The van der Waals surface area contributed by atoms with Crippen LogP contribution in [0.4, 0.5) is 10.5 Å². The fraction of sp³-hybridized carbons (Fsp3) is 0.471. The number of fused-ring (bicyclic) bond motifs is 2. The zero-order chi connectivity index (χ0) is 32.5. The number of ether oxygens (including phenoxy) is 1. The second-order valence-corrected chi connectivity index (χ2v) is 14.8. The number of carbonyl (C=O) groups is 4. The largest absolute Gasteiger partial charge is 0.446 e. The third-order valence-corrected chi connectivity index (χ3v) is 11.3. The summed E-state index contributed by atoms with van der Waals surface area (Å²) in [5.41, 5.74) is 0.878. The molecule has 0 bridgehead atoms. The fourth-order valence-electron chi connectivity index (χ4n) is 6.64. The van der Waals surface area contributed by atoms with E-state index >= 15 is 0 Å². The molecule has 11 nitrogen and oxygen atoms in total. The van der Waals surface area contributed by atoms with Gasteiger partial charge in [-0.2, -0.15) is 0 Å². The number of sulfonamides is 1. The molecule has 0 aromatic heterocycles. The highest BCUT2D eigenvalue weighted by atomic mass is 32.2.